The summed E-state index contributed by atoms with van der Waals surface area (Å²) in [6.07, 6.45) is -0.746. The fourth-order valence-electron chi connectivity index (χ4n) is 1.71. The number of hydrogen-bond acceptors (Lipinski definition) is 3. The first kappa shape index (κ1) is 15.2. The summed E-state index contributed by atoms with van der Waals surface area (Å²) in [5.41, 5.74) is 0.734. The van der Waals surface area contributed by atoms with E-state index < -0.39 is 6.10 Å². The predicted octanol–water partition coefficient (Wildman–Crippen LogP) is 4.22. The van der Waals surface area contributed by atoms with Crippen LogP contribution < -0.4 is 9.47 Å². The van der Waals surface area contributed by atoms with Crippen molar-refractivity contribution < 1.29 is 14.6 Å². The van der Waals surface area contributed by atoms with Crippen LogP contribution in [0.3, 0.4) is 0 Å². The molecule has 5 heteroatoms. The summed E-state index contributed by atoms with van der Waals surface area (Å²) in [4.78, 5) is 0. The van der Waals surface area contributed by atoms with E-state index in [4.69, 9.17) is 21.1 Å². The van der Waals surface area contributed by atoms with Crippen LogP contribution in [0.15, 0.2) is 46.9 Å². The van der Waals surface area contributed by atoms with E-state index in [1.165, 1.54) is 0 Å². The Balaban J connectivity index is 2.02. The van der Waals surface area contributed by atoms with Crippen molar-refractivity contribution in [1.82, 2.24) is 0 Å². The molecule has 0 aliphatic rings. The molecule has 0 amide bonds. The van der Waals surface area contributed by atoms with Crippen molar-refractivity contribution in [2.45, 2.75) is 6.10 Å². The summed E-state index contributed by atoms with van der Waals surface area (Å²) >= 11 is 9.38. The fourth-order valence-corrected chi connectivity index (χ4v) is 2.43. The van der Waals surface area contributed by atoms with Crippen LogP contribution in [0.4, 0.5) is 0 Å². The molecule has 0 saturated heterocycles. The molecule has 0 heterocycles. The first-order valence-corrected chi connectivity index (χ1v) is 7.17. The lowest BCUT2D eigenvalue weighted by Crippen LogP contribution is -2.10. The molecular weight excluding hydrogens is 344 g/mol. The highest BCUT2D eigenvalue weighted by Crippen LogP contribution is 2.29. The molecule has 0 aliphatic heterocycles. The van der Waals surface area contributed by atoms with Gasteiger partial charge in [0.2, 0.25) is 0 Å². The van der Waals surface area contributed by atoms with Gasteiger partial charge in [-0.05, 0) is 35.9 Å². The normalized spacial score (nSPS) is 12.0. The number of aliphatic hydroxyl groups excluding tert-OH is 1. The highest BCUT2D eigenvalue weighted by Gasteiger charge is 2.11. The van der Waals surface area contributed by atoms with Gasteiger partial charge in [0.25, 0.3) is 0 Å². The van der Waals surface area contributed by atoms with E-state index in [0.717, 1.165) is 10.0 Å². The molecule has 3 nitrogen and oxygen atoms in total. The molecule has 0 aliphatic carbocycles. The minimum absolute atomic E-state index is 0.120. The van der Waals surface area contributed by atoms with Gasteiger partial charge in [-0.15, -0.1) is 0 Å². The van der Waals surface area contributed by atoms with E-state index in [1.54, 1.807) is 25.3 Å². The monoisotopic (exact) mass is 356 g/mol. The number of rotatable bonds is 5. The molecular formula is C15H14BrClO3. The van der Waals surface area contributed by atoms with Gasteiger partial charge in [0.15, 0.2) is 0 Å². The number of ether oxygens (including phenoxy) is 2. The molecule has 1 atom stereocenters. The van der Waals surface area contributed by atoms with E-state index in [0.29, 0.717) is 16.5 Å². The summed E-state index contributed by atoms with van der Waals surface area (Å²) < 4.78 is 11.5. The second-order valence-electron chi connectivity index (χ2n) is 4.18. The molecule has 1 N–H and O–H groups in total. The molecule has 20 heavy (non-hydrogen) atoms. The molecule has 0 radical (unpaired) electrons. The maximum atomic E-state index is 10.1. The lowest BCUT2D eigenvalue weighted by atomic mass is 10.1. The minimum Gasteiger partial charge on any atom is -0.497 e. The van der Waals surface area contributed by atoms with Gasteiger partial charge in [0.1, 0.15) is 24.2 Å². The average molecular weight is 358 g/mol. The van der Waals surface area contributed by atoms with Gasteiger partial charge in [-0.2, -0.15) is 0 Å². The number of hydrogen-bond donors (Lipinski definition) is 1. The average Bonchev–Trinajstić information content (AvgIpc) is 2.46. The van der Waals surface area contributed by atoms with Crippen molar-refractivity contribution in [3.05, 3.63) is 57.5 Å². The van der Waals surface area contributed by atoms with Crippen molar-refractivity contribution in [3.8, 4) is 11.5 Å². The second kappa shape index (κ2) is 6.97. The summed E-state index contributed by atoms with van der Waals surface area (Å²) in [7, 11) is 1.59. The molecule has 2 rings (SSSR count). The van der Waals surface area contributed by atoms with Crippen LogP contribution in [-0.4, -0.2) is 18.8 Å². The van der Waals surface area contributed by atoms with Crippen LogP contribution in [0.25, 0.3) is 0 Å². The van der Waals surface area contributed by atoms with E-state index in [-0.39, 0.29) is 6.61 Å². The topological polar surface area (TPSA) is 38.7 Å². The Morgan fingerprint density at radius 3 is 2.75 bits per heavy atom. The zero-order valence-corrected chi connectivity index (χ0v) is 13.2. The highest BCUT2D eigenvalue weighted by atomic mass is 79.9. The van der Waals surface area contributed by atoms with Gasteiger partial charge in [-0.25, -0.2) is 0 Å². The summed E-state index contributed by atoms with van der Waals surface area (Å²) in [5.74, 6) is 1.24. The lowest BCUT2D eigenvalue weighted by Gasteiger charge is -2.14. The summed E-state index contributed by atoms with van der Waals surface area (Å²) in [5, 5.41) is 10.6. The minimum atomic E-state index is -0.746. The molecule has 0 aromatic heterocycles. The van der Waals surface area contributed by atoms with Crippen LogP contribution in [0.1, 0.15) is 11.7 Å². The van der Waals surface area contributed by atoms with Gasteiger partial charge < -0.3 is 14.6 Å². The van der Waals surface area contributed by atoms with Gasteiger partial charge in [-0.1, -0.05) is 39.7 Å². The van der Waals surface area contributed by atoms with Crippen molar-refractivity contribution in [1.29, 1.82) is 0 Å². The third-order valence-corrected chi connectivity index (χ3v) is 3.56. The number of methoxy groups -OCH3 is 1. The Morgan fingerprint density at radius 2 is 2.05 bits per heavy atom. The Labute approximate surface area is 131 Å². The standard InChI is InChI=1S/C15H14BrClO3/c1-19-12-4-2-3-10(7-12)14(18)9-20-15-6-5-11(16)8-13(15)17/h2-8,14,18H,9H2,1H3. The molecule has 1 unspecified atom stereocenters. The van der Waals surface area contributed by atoms with Gasteiger partial charge >= 0.3 is 0 Å². The van der Waals surface area contributed by atoms with Crippen molar-refractivity contribution in [2.75, 3.05) is 13.7 Å². The van der Waals surface area contributed by atoms with E-state index in [9.17, 15) is 5.11 Å². The Kier molecular flexibility index (Phi) is 5.29. The molecule has 2 aromatic carbocycles. The smallest absolute Gasteiger partial charge is 0.138 e. The van der Waals surface area contributed by atoms with E-state index >= 15 is 0 Å². The first-order chi connectivity index (χ1) is 9.60. The molecule has 0 fully saturated rings. The van der Waals surface area contributed by atoms with Crippen LogP contribution >= 0.6 is 27.5 Å². The second-order valence-corrected chi connectivity index (χ2v) is 5.50. The van der Waals surface area contributed by atoms with E-state index in [2.05, 4.69) is 15.9 Å². The predicted molar refractivity (Wildman–Crippen MR) is 82.6 cm³/mol. The SMILES string of the molecule is COc1cccc(C(O)COc2ccc(Br)cc2Cl)c1. The van der Waals surface area contributed by atoms with E-state index in [1.807, 2.05) is 24.3 Å². The Morgan fingerprint density at radius 1 is 1.25 bits per heavy atom. The zero-order valence-electron chi connectivity index (χ0n) is 10.8. The lowest BCUT2D eigenvalue weighted by molar-refractivity contribution is 0.108. The summed E-state index contributed by atoms with van der Waals surface area (Å²) in [6, 6.07) is 12.6. The largest absolute Gasteiger partial charge is 0.497 e. The van der Waals surface area contributed by atoms with Crippen LogP contribution in [-0.2, 0) is 0 Å². The van der Waals surface area contributed by atoms with Gasteiger partial charge in [0, 0.05) is 4.47 Å². The molecule has 2 aromatic rings. The number of halogens is 2. The van der Waals surface area contributed by atoms with Gasteiger partial charge in [-0.3, -0.25) is 0 Å². The Hall–Kier alpha value is -1.23. The first-order valence-electron chi connectivity index (χ1n) is 6.00. The molecule has 0 saturated carbocycles. The molecule has 0 spiro atoms. The Bertz CT molecular complexity index is 589. The summed E-state index contributed by atoms with van der Waals surface area (Å²) in [6.45, 7) is 0.120. The van der Waals surface area contributed by atoms with Crippen molar-refractivity contribution >= 4 is 27.5 Å². The van der Waals surface area contributed by atoms with Crippen molar-refractivity contribution in [2.24, 2.45) is 0 Å². The maximum absolute atomic E-state index is 10.1. The highest BCUT2D eigenvalue weighted by molar-refractivity contribution is 9.10. The van der Waals surface area contributed by atoms with Crippen LogP contribution in [0.2, 0.25) is 5.02 Å². The van der Waals surface area contributed by atoms with Crippen LogP contribution in [0.5, 0.6) is 11.5 Å². The third-order valence-electron chi connectivity index (χ3n) is 2.77. The zero-order chi connectivity index (χ0) is 14.5. The number of benzene rings is 2. The van der Waals surface area contributed by atoms with Crippen molar-refractivity contribution in [3.63, 3.8) is 0 Å². The molecule has 0 bridgehead atoms. The third kappa shape index (κ3) is 3.88. The molecule has 106 valence electrons. The number of aliphatic hydroxyl groups is 1. The van der Waals surface area contributed by atoms with Crippen LogP contribution in [0, 0.1) is 0 Å². The maximum Gasteiger partial charge on any atom is 0.138 e. The quantitative estimate of drug-likeness (QED) is 0.870. The van der Waals surface area contributed by atoms with Gasteiger partial charge in [0.05, 0.1) is 12.1 Å². The fraction of sp³-hybridized carbons (Fsp3) is 0.200.